The van der Waals surface area contributed by atoms with Crippen LogP contribution in [0.1, 0.15) is 6.92 Å². The topological polar surface area (TPSA) is 3.24 Å². The third-order valence-electron chi connectivity index (χ3n) is 1.13. The number of rotatable bonds is 3. The molecule has 0 aromatic rings. The van der Waals surface area contributed by atoms with Crippen LogP contribution in [-0.2, 0) is 0 Å². The number of hydrogen-bond acceptors (Lipinski definition) is 1. The zero-order valence-electron chi connectivity index (χ0n) is 7.02. The van der Waals surface area contributed by atoms with Gasteiger partial charge < -0.3 is 4.90 Å². The summed E-state index contributed by atoms with van der Waals surface area (Å²) in [5, 5.41) is 0. The third kappa shape index (κ3) is 3.96. The molecule has 0 saturated carbocycles. The van der Waals surface area contributed by atoms with E-state index >= 15 is 0 Å². The number of nitrogens with zero attached hydrogens (tertiary/aromatic N) is 1. The molecule has 56 valence electrons. The van der Waals surface area contributed by atoms with Crippen molar-refractivity contribution >= 4 is 0 Å². The Morgan fingerprint density at radius 1 is 1.20 bits per heavy atom. The van der Waals surface area contributed by atoms with Crippen LogP contribution in [0.3, 0.4) is 0 Å². The van der Waals surface area contributed by atoms with Gasteiger partial charge in [-0.3, -0.25) is 0 Å². The zero-order valence-corrected chi connectivity index (χ0v) is 7.02. The van der Waals surface area contributed by atoms with Crippen LogP contribution in [0.25, 0.3) is 0 Å². The molecular formula is C9H15N. The Morgan fingerprint density at radius 3 is 2.00 bits per heavy atom. The van der Waals surface area contributed by atoms with Crippen LogP contribution in [-0.4, -0.2) is 19.0 Å². The van der Waals surface area contributed by atoms with Crippen molar-refractivity contribution in [2.24, 2.45) is 0 Å². The van der Waals surface area contributed by atoms with E-state index in [4.69, 9.17) is 0 Å². The third-order valence-corrected chi connectivity index (χ3v) is 1.13. The smallest absolute Gasteiger partial charge is 0.0288 e. The average molecular weight is 137 g/mol. The van der Waals surface area contributed by atoms with Crippen molar-refractivity contribution in [2.45, 2.75) is 6.92 Å². The predicted molar refractivity (Wildman–Crippen MR) is 46.8 cm³/mol. The van der Waals surface area contributed by atoms with Gasteiger partial charge in [-0.25, -0.2) is 0 Å². The van der Waals surface area contributed by atoms with Gasteiger partial charge in [-0.1, -0.05) is 24.8 Å². The first-order valence-electron chi connectivity index (χ1n) is 3.24. The standard InChI is InChI=1S/C9H15N/c1-8(2)6-7-9(3)10(4)5/h6-7H,1,3H2,2,4-5H3/b7-6-. The summed E-state index contributed by atoms with van der Waals surface area (Å²) >= 11 is 0. The Kier molecular flexibility index (Phi) is 3.55. The fraction of sp³-hybridized carbons (Fsp3) is 0.333. The normalized spacial score (nSPS) is 9.90. The molecule has 0 fully saturated rings. The molecule has 0 amide bonds. The van der Waals surface area contributed by atoms with Crippen molar-refractivity contribution in [1.82, 2.24) is 4.90 Å². The van der Waals surface area contributed by atoms with Gasteiger partial charge in [0.2, 0.25) is 0 Å². The molecule has 0 aliphatic carbocycles. The van der Waals surface area contributed by atoms with Crippen molar-refractivity contribution in [3.63, 3.8) is 0 Å². The molecule has 1 nitrogen and oxygen atoms in total. The minimum absolute atomic E-state index is 0.989. The molecule has 0 unspecified atom stereocenters. The molecular weight excluding hydrogens is 122 g/mol. The van der Waals surface area contributed by atoms with E-state index in [2.05, 4.69) is 13.2 Å². The summed E-state index contributed by atoms with van der Waals surface area (Å²) in [6, 6.07) is 0. The molecule has 0 aliphatic heterocycles. The summed E-state index contributed by atoms with van der Waals surface area (Å²) in [5.74, 6) is 0. The maximum absolute atomic E-state index is 3.82. The Hall–Kier alpha value is -0.980. The molecule has 0 aromatic heterocycles. The minimum Gasteiger partial charge on any atom is -0.378 e. The SMILES string of the molecule is C=C(C)/C=C\C(=C)N(C)C. The van der Waals surface area contributed by atoms with Gasteiger partial charge in [0, 0.05) is 19.8 Å². The van der Waals surface area contributed by atoms with E-state index in [0.717, 1.165) is 11.3 Å². The maximum Gasteiger partial charge on any atom is 0.0288 e. The quantitative estimate of drug-likeness (QED) is 0.539. The Bertz CT molecular complexity index is 164. The van der Waals surface area contributed by atoms with E-state index in [-0.39, 0.29) is 0 Å². The molecule has 0 rings (SSSR count). The van der Waals surface area contributed by atoms with Gasteiger partial charge in [0.05, 0.1) is 0 Å². The summed E-state index contributed by atoms with van der Waals surface area (Å²) in [6.07, 6.45) is 3.89. The van der Waals surface area contributed by atoms with Crippen molar-refractivity contribution in [1.29, 1.82) is 0 Å². The number of hydrogen-bond donors (Lipinski definition) is 0. The number of allylic oxidation sites excluding steroid dienone is 3. The zero-order chi connectivity index (χ0) is 8.15. The lowest BCUT2D eigenvalue weighted by Gasteiger charge is -2.10. The lowest BCUT2D eigenvalue weighted by atomic mass is 10.3. The molecule has 0 saturated heterocycles. The lowest BCUT2D eigenvalue weighted by Crippen LogP contribution is -2.07. The van der Waals surface area contributed by atoms with Gasteiger partial charge in [-0.05, 0) is 13.0 Å². The van der Waals surface area contributed by atoms with Crippen molar-refractivity contribution in [3.8, 4) is 0 Å². The number of likely N-dealkylation sites (N-methyl/N-ethyl adjacent to an activating group) is 1. The van der Waals surface area contributed by atoms with Crippen LogP contribution in [0.5, 0.6) is 0 Å². The second-order valence-electron chi connectivity index (χ2n) is 2.57. The fourth-order valence-corrected chi connectivity index (χ4v) is 0.388. The lowest BCUT2D eigenvalue weighted by molar-refractivity contribution is 0.532. The van der Waals surface area contributed by atoms with Crippen LogP contribution < -0.4 is 0 Å². The highest BCUT2D eigenvalue weighted by Gasteiger charge is 1.86. The first-order valence-corrected chi connectivity index (χ1v) is 3.24. The van der Waals surface area contributed by atoms with E-state index in [0.29, 0.717) is 0 Å². The molecule has 0 heterocycles. The van der Waals surface area contributed by atoms with Crippen molar-refractivity contribution in [2.75, 3.05) is 14.1 Å². The molecule has 0 aromatic carbocycles. The maximum atomic E-state index is 3.82. The second-order valence-corrected chi connectivity index (χ2v) is 2.57. The van der Waals surface area contributed by atoms with Crippen LogP contribution in [0, 0.1) is 0 Å². The Balaban J connectivity index is 3.90. The van der Waals surface area contributed by atoms with E-state index in [1.807, 2.05) is 38.1 Å². The van der Waals surface area contributed by atoms with E-state index in [9.17, 15) is 0 Å². The van der Waals surface area contributed by atoms with Crippen LogP contribution in [0.2, 0.25) is 0 Å². The fourth-order valence-electron chi connectivity index (χ4n) is 0.388. The Morgan fingerprint density at radius 2 is 1.70 bits per heavy atom. The highest BCUT2D eigenvalue weighted by Crippen LogP contribution is 1.98. The molecule has 0 spiro atoms. The molecule has 10 heavy (non-hydrogen) atoms. The van der Waals surface area contributed by atoms with E-state index < -0.39 is 0 Å². The highest BCUT2D eigenvalue weighted by molar-refractivity contribution is 5.21. The predicted octanol–water partition coefficient (Wildman–Crippen LogP) is 2.19. The molecule has 1 heteroatoms. The molecule has 0 radical (unpaired) electrons. The van der Waals surface area contributed by atoms with Crippen LogP contribution in [0.15, 0.2) is 36.6 Å². The van der Waals surface area contributed by atoms with Gasteiger partial charge in [0.15, 0.2) is 0 Å². The molecule has 0 atom stereocenters. The van der Waals surface area contributed by atoms with Gasteiger partial charge in [0.1, 0.15) is 0 Å². The van der Waals surface area contributed by atoms with Gasteiger partial charge in [-0.15, -0.1) is 0 Å². The van der Waals surface area contributed by atoms with E-state index in [1.54, 1.807) is 0 Å². The first-order chi connectivity index (χ1) is 4.54. The van der Waals surface area contributed by atoms with Crippen LogP contribution in [0.4, 0.5) is 0 Å². The average Bonchev–Trinajstić information content (AvgIpc) is 1.82. The summed E-state index contributed by atoms with van der Waals surface area (Å²) in [7, 11) is 3.93. The van der Waals surface area contributed by atoms with Gasteiger partial charge in [0.25, 0.3) is 0 Å². The highest BCUT2D eigenvalue weighted by atomic mass is 15.1. The molecule has 0 aliphatic rings. The van der Waals surface area contributed by atoms with Crippen LogP contribution >= 0.6 is 0 Å². The van der Waals surface area contributed by atoms with Crippen molar-refractivity contribution < 1.29 is 0 Å². The van der Waals surface area contributed by atoms with Crippen molar-refractivity contribution in [3.05, 3.63) is 36.6 Å². The summed E-state index contributed by atoms with van der Waals surface area (Å²) in [4.78, 5) is 1.96. The minimum atomic E-state index is 0.989. The van der Waals surface area contributed by atoms with E-state index in [1.165, 1.54) is 0 Å². The summed E-state index contributed by atoms with van der Waals surface area (Å²) in [6.45, 7) is 9.52. The van der Waals surface area contributed by atoms with Gasteiger partial charge in [-0.2, -0.15) is 0 Å². The van der Waals surface area contributed by atoms with Gasteiger partial charge >= 0.3 is 0 Å². The monoisotopic (exact) mass is 137 g/mol. The summed E-state index contributed by atoms with van der Waals surface area (Å²) < 4.78 is 0. The first kappa shape index (κ1) is 9.02. The summed E-state index contributed by atoms with van der Waals surface area (Å²) in [5.41, 5.74) is 2.03. The largest absolute Gasteiger partial charge is 0.378 e. The Labute approximate surface area is 63.3 Å². The second kappa shape index (κ2) is 3.94. The molecule has 0 N–H and O–H groups in total. The molecule has 0 bridgehead atoms.